The van der Waals surface area contributed by atoms with Gasteiger partial charge in [-0.1, -0.05) is 41.4 Å². The Morgan fingerprint density at radius 3 is 2.37 bits per heavy atom. The summed E-state index contributed by atoms with van der Waals surface area (Å²) in [5.74, 6) is 0.909. The number of halogens is 1. The third kappa shape index (κ3) is 5.89. The second-order valence-electron chi connectivity index (χ2n) is 7.47. The monoisotopic (exact) mass is 429 g/mol. The Bertz CT molecular complexity index is 878. The van der Waals surface area contributed by atoms with Crippen molar-refractivity contribution in [3.63, 3.8) is 0 Å². The summed E-state index contributed by atoms with van der Waals surface area (Å²) in [6, 6.07) is 13.3. The molecule has 0 unspecified atom stereocenters. The number of carbonyl (C=O) groups excluding carboxylic acids is 2. The van der Waals surface area contributed by atoms with Crippen LogP contribution in [0, 0.1) is 6.92 Å². The van der Waals surface area contributed by atoms with Gasteiger partial charge in [0.1, 0.15) is 5.75 Å². The van der Waals surface area contributed by atoms with Crippen LogP contribution in [0.3, 0.4) is 0 Å². The van der Waals surface area contributed by atoms with Gasteiger partial charge in [0.25, 0.3) is 0 Å². The van der Waals surface area contributed by atoms with Crippen molar-refractivity contribution < 1.29 is 14.3 Å². The molecule has 1 N–H and O–H groups in total. The molecule has 160 valence electrons. The van der Waals surface area contributed by atoms with E-state index in [4.69, 9.17) is 16.3 Å². The van der Waals surface area contributed by atoms with Gasteiger partial charge in [-0.25, -0.2) is 4.79 Å². The van der Waals surface area contributed by atoms with Crippen molar-refractivity contribution in [3.8, 4) is 5.75 Å². The number of piperazine rings is 1. The lowest BCUT2D eigenvalue weighted by atomic mass is 10.1. The summed E-state index contributed by atoms with van der Waals surface area (Å²) in [7, 11) is 1.65. The number of rotatable bonds is 6. The summed E-state index contributed by atoms with van der Waals surface area (Å²) in [6.45, 7) is 4.73. The first-order valence-electron chi connectivity index (χ1n) is 10.1. The van der Waals surface area contributed by atoms with Crippen molar-refractivity contribution >= 4 is 23.5 Å². The van der Waals surface area contributed by atoms with Crippen molar-refractivity contribution in [1.29, 1.82) is 0 Å². The lowest BCUT2D eigenvalue weighted by Gasteiger charge is -2.34. The Morgan fingerprint density at radius 1 is 1.03 bits per heavy atom. The van der Waals surface area contributed by atoms with Gasteiger partial charge in [-0.05, 0) is 42.7 Å². The van der Waals surface area contributed by atoms with Crippen LogP contribution < -0.4 is 10.1 Å². The topological polar surface area (TPSA) is 61.9 Å². The molecule has 0 spiro atoms. The van der Waals surface area contributed by atoms with Crippen LogP contribution in [0.5, 0.6) is 5.75 Å². The number of aryl methyl sites for hydroxylation is 1. The summed E-state index contributed by atoms with van der Waals surface area (Å²) in [5.41, 5.74) is 3.18. The van der Waals surface area contributed by atoms with Gasteiger partial charge >= 0.3 is 6.03 Å². The van der Waals surface area contributed by atoms with E-state index in [-0.39, 0.29) is 11.9 Å². The molecule has 3 rings (SSSR count). The predicted molar refractivity (Wildman–Crippen MR) is 118 cm³/mol. The van der Waals surface area contributed by atoms with Crippen LogP contribution in [-0.4, -0.2) is 61.6 Å². The Balaban J connectivity index is 1.42. The quantitative estimate of drug-likeness (QED) is 0.766. The van der Waals surface area contributed by atoms with Crippen LogP contribution in [0.4, 0.5) is 4.79 Å². The molecule has 1 heterocycles. The number of nitrogens with zero attached hydrogens (tertiary/aromatic N) is 2. The van der Waals surface area contributed by atoms with E-state index in [1.807, 2.05) is 36.1 Å². The largest absolute Gasteiger partial charge is 0.496 e. The van der Waals surface area contributed by atoms with Crippen molar-refractivity contribution in [3.05, 3.63) is 64.2 Å². The van der Waals surface area contributed by atoms with E-state index in [2.05, 4.69) is 11.4 Å². The first kappa shape index (κ1) is 22.0. The zero-order valence-electron chi connectivity index (χ0n) is 17.5. The van der Waals surface area contributed by atoms with E-state index in [9.17, 15) is 9.59 Å². The number of urea groups is 1. The summed E-state index contributed by atoms with van der Waals surface area (Å²) in [6.07, 6.45) is 1.05. The van der Waals surface area contributed by atoms with Crippen LogP contribution in [0.1, 0.15) is 16.7 Å². The van der Waals surface area contributed by atoms with Crippen LogP contribution >= 0.6 is 11.6 Å². The molecule has 1 saturated heterocycles. The summed E-state index contributed by atoms with van der Waals surface area (Å²) < 4.78 is 5.39. The lowest BCUT2D eigenvalue weighted by molar-refractivity contribution is -0.131. The molecule has 0 aliphatic carbocycles. The summed E-state index contributed by atoms with van der Waals surface area (Å²) in [4.78, 5) is 28.6. The molecule has 7 heteroatoms. The predicted octanol–water partition coefficient (Wildman–Crippen LogP) is 3.30. The molecule has 30 heavy (non-hydrogen) atoms. The van der Waals surface area contributed by atoms with Gasteiger partial charge in [0, 0.05) is 37.7 Å². The van der Waals surface area contributed by atoms with Gasteiger partial charge in [-0.3, -0.25) is 4.79 Å². The Hall–Kier alpha value is -2.73. The highest BCUT2D eigenvalue weighted by Crippen LogP contribution is 2.19. The highest BCUT2D eigenvalue weighted by atomic mass is 35.5. The molecule has 1 aliphatic heterocycles. The highest BCUT2D eigenvalue weighted by Gasteiger charge is 2.24. The van der Waals surface area contributed by atoms with Gasteiger partial charge in [-0.15, -0.1) is 0 Å². The van der Waals surface area contributed by atoms with Gasteiger partial charge in [0.15, 0.2) is 0 Å². The van der Waals surface area contributed by atoms with Gasteiger partial charge in [0.05, 0.1) is 13.5 Å². The van der Waals surface area contributed by atoms with Crippen LogP contribution in [0.2, 0.25) is 5.02 Å². The fourth-order valence-corrected chi connectivity index (χ4v) is 3.69. The highest BCUT2D eigenvalue weighted by molar-refractivity contribution is 6.30. The number of carbonyl (C=O) groups is 2. The molecular formula is C23H28ClN3O3. The molecule has 1 fully saturated rings. The number of methoxy groups -OCH3 is 1. The van der Waals surface area contributed by atoms with Crippen LogP contribution in [0.15, 0.2) is 42.5 Å². The van der Waals surface area contributed by atoms with E-state index in [1.54, 1.807) is 24.1 Å². The zero-order valence-corrected chi connectivity index (χ0v) is 18.2. The van der Waals surface area contributed by atoms with Crippen molar-refractivity contribution in [2.75, 3.05) is 39.8 Å². The van der Waals surface area contributed by atoms with Crippen LogP contribution in [-0.2, 0) is 17.6 Å². The fraction of sp³-hybridized carbons (Fsp3) is 0.391. The zero-order chi connectivity index (χ0) is 21.5. The van der Waals surface area contributed by atoms with Gasteiger partial charge in [0.2, 0.25) is 5.91 Å². The Labute approximate surface area is 182 Å². The first-order valence-corrected chi connectivity index (χ1v) is 10.5. The molecule has 6 nitrogen and oxygen atoms in total. The Kier molecular flexibility index (Phi) is 7.57. The molecule has 2 aromatic rings. The second kappa shape index (κ2) is 10.3. The van der Waals surface area contributed by atoms with E-state index in [0.717, 1.165) is 22.4 Å². The maximum atomic E-state index is 12.5. The molecule has 0 aromatic heterocycles. The standard InChI is InChI=1S/C23H28ClN3O3/c1-17-3-8-21(30-2)19(15-17)9-10-25-23(29)27-13-11-26(12-14-27)22(28)16-18-4-6-20(24)7-5-18/h3-8,15H,9-14,16H2,1-2H3,(H,25,29). The number of ether oxygens (including phenoxy) is 1. The minimum Gasteiger partial charge on any atom is -0.496 e. The molecule has 0 atom stereocenters. The van der Waals surface area contributed by atoms with E-state index in [0.29, 0.717) is 50.6 Å². The molecule has 3 amide bonds. The van der Waals surface area contributed by atoms with Crippen molar-refractivity contribution in [1.82, 2.24) is 15.1 Å². The number of amides is 3. The summed E-state index contributed by atoms with van der Waals surface area (Å²) >= 11 is 5.89. The molecular weight excluding hydrogens is 402 g/mol. The molecule has 0 radical (unpaired) electrons. The minimum atomic E-state index is -0.0913. The molecule has 0 saturated carbocycles. The van der Waals surface area contributed by atoms with Crippen LogP contribution in [0.25, 0.3) is 0 Å². The van der Waals surface area contributed by atoms with Crippen molar-refractivity contribution in [2.24, 2.45) is 0 Å². The summed E-state index contributed by atoms with van der Waals surface area (Å²) in [5, 5.41) is 3.64. The maximum absolute atomic E-state index is 12.5. The SMILES string of the molecule is COc1ccc(C)cc1CCNC(=O)N1CCN(C(=O)Cc2ccc(Cl)cc2)CC1. The van der Waals surface area contributed by atoms with E-state index < -0.39 is 0 Å². The lowest BCUT2D eigenvalue weighted by Crippen LogP contribution is -2.53. The smallest absolute Gasteiger partial charge is 0.317 e. The first-order chi connectivity index (χ1) is 14.5. The third-order valence-corrected chi connectivity index (χ3v) is 5.55. The molecule has 0 bridgehead atoms. The van der Waals surface area contributed by atoms with E-state index >= 15 is 0 Å². The number of benzene rings is 2. The molecule has 1 aliphatic rings. The normalized spacial score (nSPS) is 13.8. The average Bonchev–Trinajstić information content (AvgIpc) is 2.75. The molecule has 2 aromatic carbocycles. The second-order valence-corrected chi connectivity index (χ2v) is 7.90. The maximum Gasteiger partial charge on any atom is 0.317 e. The van der Waals surface area contributed by atoms with Gasteiger partial charge < -0.3 is 19.9 Å². The minimum absolute atomic E-state index is 0.0731. The van der Waals surface area contributed by atoms with E-state index in [1.165, 1.54) is 0 Å². The number of nitrogens with one attached hydrogen (secondary N) is 1. The average molecular weight is 430 g/mol. The van der Waals surface area contributed by atoms with Crippen molar-refractivity contribution in [2.45, 2.75) is 19.8 Å². The van der Waals surface area contributed by atoms with Gasteiger partial charge in [-0.2, -0.15) is 0 Å². The number of hydrogen-bond acceptors (Lipinski definition) is 3. The Morgan fingerprint density at radius 2 is 1.70 bits per heavy atom. The number of hydrogen-bond donors (Lipinski definition) is 1. The third-order valence-electron chi connectivity index (χ3n) is 5.29. The fourth-order valence-electron chi connectivity index (χ4n) is 3.57.